The summed E-state index contributed by atoms with van der Waals surface area (Å²) >= 11 is 0. The van der Waals surface area contributed by atoms with E-state index in [0.717, 1.165) is 76.7 Å². The monoisotopic (exact) mass is 541 g/mol. The van der Waals surface area contributed by atoms with Gasteiger partial charge in [0.1, 0.15) is 18.1 Å². The number of hydrogen-bond donors (Lipinski definition) is 1. The van der Waals surface area contributed by atoms with Crippen LogP contribution in [0.15, 0.2) is 48.8 Å². The molecule has 0 bridgehead atoms. The molecule has 1 unspecified atom stereocenters. The largest absolute Gasteiger partial charge is 0.489 e. The molecule has 4 heterocycles. The second-order valence-corrected chi connectivity index (χ2v) is 10.6. The van der Waals surface area contributed by atoms with Crippen LogP contribution in [-0.4, -0.2) is 84.6 Å². The van der Waals surface area contributed by atoms with Crippen LogP contribution in [0.25, 0.3) is 11.4 Å². The predicted octanol–water partition coefficient (Wildman–Crippen LogP) is 3.87. The highest BCUT2D eigenvalue weighted by atomic mass is 16.5. The molecule has 3 aliphatic heterocycles. The first-order chi connectivity index (χ1) is 19.7. The summed E-state index contributed by atoms with van der Waals surface area (Å²) in [6.45, 7) is 9.49. The molecule has 0 amide bonds. The van der Waals surface area contributed by atoms with Crippen molar-refractivity contribution in [3.8, 4) is 23.2 Å². The maximum absolute atomic E-state index is 9.80. The van der Waals surface area contributed by atoms with Crippen molar-refractivity contribution in [2.45, 2.75) is 31.9 Å². The van der Waals surface area contributed by atoms with Crippen LogP contribution in [0.4, 0.5) is 17.3 Å². The molecule has 0 saturated carbocycles. The maximum Gasteiger partial charge on any atom is 0.230 e. The SMILES string of the molecule is CC(Oc1ccc(-c2ncnc(Nc3ccc(N4CCN(C5COC5)CC4)cc3)n2)cc1C#N)C1CCOCC1. The van der Waals surface area contributed by atoms with Gasteiger partial charge < -0.3 is 24.4 Å². The highest BCUT2D eigenvalue weighted by molar-refractivity contribution is 5.64. The zero-order valence-electron chi connectivity index (χ0n) is 22.8. The minimum atomic E-state index is 0.00765. The lowest BCUT2D eigenvalue weighted by Gasteiger charge is -2.43. The topological polar surface area (TPSA) is 109 Å². The molecule has 6 rings (SSSR count). The summed E-state index contributed by atoms with van der Waals surface area (Å²) < 4.78 is 17.0. The van der Waals surface area contributed by atoms with Gasteiger partial charge in [-0.05, 0) is 68.1 Å². The van der Waals surface area contributed by atoms with Gasteiger partial charge in [0, 0.05) is 56.3 Å². The van der Waals surface area contributed by atoms with E-state index in [-0.39, 0.29) is 6.10 Å². The van der Waals surface area contributed by atoms with Gasteiger partial charge in [0.05, 0.1) is 30.9 Å². The Morgan fingerprint density at radius 2 is 1.77 bits per heavy atom. The number of nitrogens with one attached hydrogen (secondary N) is 1. The van der Waals surface area contributed by atoms with Crippen molar-refractivity contribution < 1.29 is 14.2 Å². The number of ether oxygens (including phenoxy) is 3. The van der Waals surface area contributed by atoms with E-state index in [1.165, 1.54) is 12.0 Å². The summed E-state index contributed by atoms with van der Waals surface area (Å²) in [6.07, 6.45) is 3.43. The highest BCUT2D eigenvalue weighted by Gasteiger charge is 2.29. The first kappa shape index (κ1) is 26.4. The van der Waals surface area contributed by atoms with Gasteiger partial charge in [0.2, 0.25) is 5.95 Å². The molecule has 10 heteroatoms. The second-order valence-electron chi connectivity index (χ2n) is 10.6. The third kappa shape index (κ3) is 6.02. The van der Waals surface area contributed by atoms with Crippen molar-refractivity contribution in [1.29, 1.82) is 5.26 Å². The molecule has 3 aromatic rings. The molecular formula is C30H35N7O3. The van der Waals surface area contributed by atoms with Gasteiger partial charge in [-0.1, -0.05) is 0 Å². The van der Waals surface area contributed by atoms with E-state index in [2.05, 4.69) is 55.2 Å². The fraction of sp³-hybridized carbons (Fsp3) is 0.467. The van der Waals surface area contributed by atoms with Crippen molar-refractivity contribution in [3.05, 3.63) is 54.4 Å². The normalized spacial score (nSPS) is 19.4. The number of nitrogens with zero attached hydrogens (tertiary/aromatic N) is 6. The zero-order valence-corrected chi connectivity index (χ0v) is 22.8. The number of anilines is 3. The fourth-order valence-electron chi connectivity index (χ4n) is 5.50. The number of hydrogen-bond acceptors (Lipinski definition) is 10. The van der Waals surface area contributed by atoms with Gasteiger partial charge >= 0.3 is 0 Å². The molecule has 1 N–H and O–H groups in total. The van der Waals surface area contributed by atoms with Crippen molar-refractivity contribution in [3.63, 3.8) is 0 Å². The Bertz CT molecular complexity index is 1330. The summed E-state index contributed by atoms with van der Waals surface area (Å²) in [5, 5.41) is 13.1. The Morgan fingerprint density at radius 3 is 2.48 bits per heavy atom. The lowest BCUT2D eigenvalue weighted by Crippen LogP contribution is -2.56. The van der Waals surface area contributed by atoms with Crippen LogP contribution < -0.4 is 15.0 Å². The molecular weight excluding hydrogens is 506 g/mol. The zero-order chi connectivity index (χ0) is 27.3. The van der Waals surface area contributed by atoms with E-state index in [4.69, 9.17) is 14.2 Å². The van der Waals surface area contributed by atoms with Crippen molar-refractivity contribution in [2.75, 3.05) is 62.8 Å². The number of piperazine rings is 1. The summed E-state index contributed by atoms with van der Waals surface area (Å²) in [7, 11) is 0. The number of benzene rings is 2. The van der Waals surface area contributed by atoms with Crippen LogP contribution >= 0.6 is 0 Å². The Morgan fingerprint density at radius 1 is 1.00 bits per heavy atom. The van der Waals surface area contributed by atoms with Crippen LogP contribution in [0.5, 0.6) is 5.75 Å². The summed E-state index contributed by atoms with van der Waals surface area (Å²) in [6, 6.07) is 16.7. The Hall–Kier alpha value is -3.78. The van der Waals surface area contributed by atoms with E-state index in [9.17, 15) is 5.26 Å². The molecule has 40 heavy (non-hydrogen) atoms. The Balaban J connectivity index is 1.09. The van der Waals surface area contributed by atoms with E-state index in [0.29, 0.717) is 35.0 Å². The van der Waals surface area contributed by atoms with Gasteiger partial charge in [-0.15, -0.1) is 0 Å². The molecule has 3 aliphatic rings. The first-order valence-corrected chi connectivity index (χ1v) is 14.1. The second kappa shape index (κ2) is 12.2. The number of nitriles is 1. The van der Waals surface area contributed by atoms with E-state index in [1.54, 1.807) is 6.07 Å². The third-order valence-corrected chi connectivity index (χ3v) is 8.11. The smallest absolute Gasteiger partial charge is 0.230 e. The maximum atomic E-state index is 9.80. The van der Waals surface area contributed by atoms with Gasteiger partial charge in [-0.2, -0.15) is 10.2 Å². The van der Waals surface area contributed by atoms with Crippen LogP contribution in [-0.2, 0) is 9.47 Å². The molecule has 3 fully saturated rings. The van der Waals surface area contributed by atoms with Gasteiger partial charge in [-0.25, -0.2) is 9.97 Å². The summed E-state index contributed by atoms with van der Waals surface area (Å²) in [5.41, 5.74) is 3.30. The number of aromatic nitrogens is 3. The summed E-state index contributed by atoms with van der Waals surface area (Å²) in [4.78, 5) is 18.2. The fourth-order valence-corrected chi connectivity index (χ4v) is 5.50. The number of rotatable bonds is 8. The average Bonchev–Trinajstić information content (AvgIpc) is 2.98. The highest BCUT2D eigenvalue weighted by Crippen LogP contribution is 2.29. The Kier molecular flexibility index (Phi) is 8.04. The minimum Gasteiger partial charge on any atom is -0.489 e. The molecule has 0 spiro atoms. The third-order valence-electron chi connectivity index (χ3n) is 8.11. The summed E-state index contributed by atoms with van der Waals surface area (Å²) in [5.74, 6) is 1.94. The molecule has 2 aromatic carbocycles. The Labute approximate surface area is 234 Å². The standard InChI is InChI=1S/C30H35N7O3/c1-21(22-8-14-38-15-9-22)40-28-7-2-23(16-24(28)17-31)29-32-20-33-30(35-29)34-25-3-5-26(6-4-25)36-10-12-37(13-11-36)27-18-39-19-27/h2-7,16,20-22,27H,8-15,18-19H2,1H3,(H,32,33,34,35). The molecule has 0 aliphatic carbocycles. The van der Waals surface area contributed by atoms with Crippen LogP contribution in [0.1, 0.15) is 25.3 Å². The molecule has 0 radical (unpaired) electrons. The van der Waals surface area contributed by atoms with Crippen molar-refractivity contribution >= 4 is 17.3 Å². The molecule has 1 atom stereocenters. The van der Waals surface area contributed by atoms with Crippen LogP contribution in [0.2, 0.25) is 0 Å². The van der Waals surface area contributed by atoms with Gasteiger partial charge in [0.25, 0.3) is 0 Å². The quantitative estimate of drug-likeness (QED) is 0.451. The van der Waals surface area contributed by atoms with Gasteiger partial charge in [0.15, 0.2) is 5.82 Å². The molecule has 10 nitrogen and oxygen atoms in total. The minimum absolute atomic E-state index is 0.00765. The molecule has 208 valence electrons. The lowest BCUT2D eigenvalue weighted by molar-refractivity contribution is -0.0660. The van der Waals surface area contributed by atoms with Crippen molar-refractivity contribution in [2.24, 2.45) is 5.92 Å². The van der Waals surface area contributed by atoms with E-state index in [1.807, 2.05) is 24.3 Å². The first-order valence-electron chi connectivity index (χ1n) is 14.1. The van der Waals surface area contributed by atoms with Crippen LogP contribution in [0, 0.1) is 17.2 Å². The van der Waals surface area contributed by atoms with Gasteiger partial charge in [-0.3, -0.25) is 4.90 Å². The predicted molar refractivity (Wildman–Crippen MR) is 152 cm³/mol. The molecule has 1 aromatic heterocycles. The van der Waals surface area contributed by atoms with E-state index < -0.39 is 0 Å². The van der Waals surface area contributed by atoms with E-state index >= 15 is 0 Å². The molecule has 3 saturated heterocycles. The van der Waals surface area contributed by atoms with Crippen LogP contribution in [0.3, 0.4) is 0 Å². The average molecular weight is 542 g/mol. The van der Waals surface area contributed by atoms with Crippen molar-refractivity contribution in [1.82, 2.24) is 19.9 Å². The lowest BCUT2D eigenvalue weighted by atomic mass is 9.95.